The summed E-state index contributed by atoms with van der Waals surface area (Å²) in [6.45, 7) is 5.12. The Bertz CT molecular complexity index is 1190. The summed E-state index contributed by atoms with van der Waals surface area (Å²) < 4.78 is 48.0. The Labute approximate surface area is 201 Å². The first kappa shape index (κ1) is 22.5. The Balaban J connectivity index is 1.17. The molecule has 7 heteroatoms. The topological polar surface area (TPSA) is 58.6 Å². The monoisotopic (exact) mass is 484 g/mol. The number of nitrogens with one attached hydrogen (secondary N) is 1. The zero-order valence-corrected chi connectivity index (χ0v) is 20.7. The van der Waals surface area contributed by atoms with E-state index in [2.05, 4.69) is 40.8 Å². The molecule has 0 bridgehead atoms. The van der Waals surface area contributed by atoms with E-state index in [1.807, 2.05) is 13.2 Å². The van der Waals surface area contributed by atoms with Gasteiger partial charge in [0.1, 0.15) is 5.82 Å². The molecule has 34 heavy (non-hydrogen) atoms. The summed E-state index contributed by atoms with van der Waals surface area (Å²) in [7, 11) is -1.66. The second-order valence-electron chi connectivity index (χ2n) is 10.9. The van der Waals surface area contributed by atoms with Crippen molar-refractivity contribution in [1.29, 1.82) is 0 Å². The summed E-state index contributed by atoms with van der Waals surface area (Å²) in [6.07, 6.45) is 4.18. The van der Waals surface area contributed by atoms with E-state index in [-0.39, 0.29) is 22.0 Å². The largest absolute Gasteiger partial charge is 0.376 e. The molecule has 1 N–H and O–H groups in total. The van der Waals surface area contributed by atoms with Crippen molar-refractivity contribution >= 4 is 15.7 Å². The van der Waals surface area contributed by atoms with Crippen LogP contribution < -0.4 is 4.72 Å². The fourth-order valence-corrected chi connectivity index (χ4v) is 8.38. The molecule has 3 fully saturated rings. The van der Waals surface area contributed by atoms with Crippen LogP contribution in [0.15, 0.2) is 42.5 Å². The molecule has 2 unspecified atom stereocenters. The van der Waals surface area contributed by atoms with Gasteiger partial charge in [-0.15, -0.1) is 0 Å². The zero-order chi connectivity index (χ0) is 23.7. The summed E-state index contributed by atoms with van der Waals surface area (Å²) >= 11 is 0. The average molecular weight is 485 g/mol. The van der Waals surface area contributed by atoms with Gasteiger partial charge >= 0.3 is 0 Å². The van der Waals surface area contributed by atoms with Gasteiger partial charge in [0, 0.05) is 45.0 Å². The summed E-state index contributed by atoms with van der Waals surface area (Å²) in [4.78, 5) is 2.54. The van der Waals surface area contributed by atoms with Crippen molar-refractivity contribution in [3.63, 3.8) is 0 Å². The number of methoxy groups -OCH3 is 1. The maximum Gasteiger partial charge on any atom is 0.235 e. The van der Waals surface area contributed by atoms with Crippen LogP contribution in [0.3, 0.4) is 0 Å². The lowest BCUT2D eigenvalue weighted by atomic mass is 9.87. The Kier molecular flexibility index (Phi) is 5.14. The first-order chi connectivity index (χ1) is 16.3. The predicted octanol–water partition coefficient (Wildman–Crippen LogP) is 4.12. The number of sulfonamides is 1. The second-order valence-corrected chi connectivity index (χ2v) is 12.8. The van der Waals surface area contributed by atoms with Crippen LogP contribution in [0.2, 0.25) is 0 Å². The molecule has 6 rings (SSSR count). The van der Waals surface area contributed by atoms with E-state index in [4.69, 9.17) is 4.74 Å². The number of fused-ring (bicyclic) bond motifs is 2. The fraction of sp³-hybridized carbons (Fsp3) is 0.556. The van der Waals surface area contributed by atoms with Crippen molar-refractivity contribution in [2.75, 3.05) is 31.5 Å². The van der Waals surface area contributed by atoms with E-state index in [1.165, 1.54) is 17.2 Å². The van der Waals surface area contributed by atoms with E-state index in [1.54, 1.807) is 6.07 Å². The maximum atomic E-state index is 14.5. The van der Waals surface area contributed by atoms with Crippen LogP contribution >= 0.6 is 0 Å². The molecule has 1 heterocycles. The van der Waals surface area contributed by atoms with Crippen molar-refractivity contribution in [2.24, 2.45) is 11.8 Å². The smallest absolute Gasteiger partial charge is 0.235 e. The van der Waals surface area contributed by atoms with Gasteiger partial charge in [-0.3, -0.25) is 9.62 Å². The molecule has 3 aliphatic carbocycles. The lowest BCUT2D eigenvalue weighted by molar-refractivity contribution is -0.0276. The molecule has 2 aromatic carbocycles. The highest BCUT2D eigenvalue weighted by Crippen LogP contribution is 2.65. The van der Waals surface area contributed by atoms with E-state index >= 15 is 0 Å². The average Bonchev–Trinajstić information content (AvgIpc) is 3.69. The highest BCUT2D eigenvalue weighted by Gasteiger charge is 2.67. The number of hydrogen-bond acceptors (Lipinski definition) is 4. The van der Waals surface area contributed by atoms with Crippen molar-refractivity contribution < 1.29 is 17.5 Å². The van der Waals surface area contributed by atoms with Gasteiger partial charge in [0.25, 0.3) is 0 Å². The van der Waals surface area contributed by atoms with Crippen LogP contribution in [-0.2, 0) is 33.0 Å². The number of benzene rings is 2. The third kappa shape index (κ3) is 3.50. The number of likely N-dealkylation sites (tertiary alicyclic amines) is 1. The summed E-state index contributed by atoms with van der Waals surface area (Å²) in [5, 5.41) is -0.376. The molecule has 4 aliphatic rings. The number of rotatable bonds is 8. The minimum Gasteiger partial charge on any atom is -0.376 e. The lowest BCUT2D eigenvalue weighted by Crippen LogP contribution is -2.46. The molecule has 182 valence electrons. The number of halogens is 1. The van der Waals surface area contributed by atoms with Crippen molar-refractivity contribution in [3.8, 4) is 0 Å². The van der Waals surface area contributed by atoms with Gasteiger partial charge in [-0.25, -0.2) is 12.8 Å². The van der Waals surface area contributed by atoms with Crippen molar-refractivity contribution in [1.82, 2.24) is 4.90 Å². The Hall–Kier alpha value is -1.96. The molecule has 1 aliphatic heterocycles. The first-order valence-electron chi connectivity index (χ1n) is 12.5. The van der Waals surface area contributed by atoms with Crippen LogP contribution in [0.4, 0.5) is 10.1 Å². The van der Waals surface area contributed by atoms with Gasteiger partial charge in [0.2, 0.25) is 10.0 Å². The molecule has 0 aromatic heterocycles. The van der Waals surface area contributed by atoms with Crippen LogP contribution in [0.5, 0.6) is 0 Å². The first-order valence-corrected chi connectivity index (χ1v) is 14.0. The van der Waals surface area contributed by atoms with Gasteiger partial charge in [-0.1, -0.05) is 37.3 Å². The lowest BCUT2D eigenvalue weighted by Gasteiger charge is -2.35. The Morgan fingerprint density at radius 1 is 1.09 bits per heavy atom. The number of nitrogens with zero attached hydrogens (tertiary/aromatic N) is 1. The van der Waals surface area contributed by atoms with E-state index < -0.39 is 15.8 Å². The molecule has 5 nitrogen and oxygen atoms in total. The zero-order valence-electron chi connectivity index (χ0n) is 19.9. The molecule has 2 aromatic rings. The highest BCUT2D eigenvalue weighted by molar-refractivity contribution is 7.93. The Morgan fingerprint density at radius 2 is 1.74 bits per heavy atom. The minimum atomic E-state index is -3.50. The molecule has 2 saturated carbocycles. The third-order valence-electron chi connectivity index (χ3n) is 9.00. The number of anilines is 1. The van der Waals surface area contributed by atoms with Crippen molar-refractivity contribution in [3.05, 3.63) is 65.0 Å². The van der Waals surface area contributed by atoms with Gasteiger partial charge in [0.15, 0.2) is 0 Å². The molecular formula is C27H33FN2O3S. The summed E-state index contributed by atoms with van der Waals surface area (Å²) in [5.74, 6) is 0.511. The Morgan fingerprint density at radius 3 is 2.29 bits per heavy atom. The number of ether oxygens (including phenoxy) is 1. The predicted molar refractivity (Wildman–Crippen MR) is 131 cm³/mol. The number of piperidine rings is 1. The summed E-state index contributed by atoms with van der Waals surface area (Å²) in [5.41, 5.74) is 3.78. The molecule has 1 saturated heterocycles. The van der Waals surface area contributed by atoms with Gasteiger partial charge in [0.05, 0.1) is 16.5 Å². The van der Waals surface area contributed by atoms with Gasteiger partial charge in [-0.2, -0.15) is 0 Å². The van der Waals surface area contributed by atoms with E-state index in [9.17, 15) is 12.8 Å². The standard InChI is InChI=1S/C27H33FN2O3S/c1-3-27(20-8-11-24(28)25(12-20)29-34(31,32)21-9-10-21)22-15-30(16-23(22)27)17-26(33-2)13-18-6-4-5-7-19(18)14-26/h4-8,11-12,21-23,29H,3,9-10,13-17H2,1-2H3. The quantitative estimate of drug-likeness (QED) is 0.612. The number of hydrogen-bond donors (Lipinski definition) is 1. The maximum absolute atomic E-state index is 14.5. The van der Waals surface area contributed by atoms with Gasteiger partial charge < -0.3 is 4.74 Å². The van der Waals surface area contributed by atoms with E-state index in [0.717, 1.165) is 44.5 Å². The molecule has 2 atom stereocenters. The van der Waals surface area contributed by atoms with E-state index in [0.29, 0.717) is 24.7 Å². The molecule has 0 amide bonds. The molecule has 0 spiro atoms. The SMILES string of the molecule is CCC1(c2ccc(F)c(NS(=O)(=O)C3CC3)c2)C2CN(CC3(OC)Cc4ccccc4C3)CC21. The van der Waals surface area contributed by atoms with Crippen molar-refractivity contribution in [2.45, 2.75) is 55.3 Å². The molecular weight excluding hydrogens is 451 g/mol. The molecule has 0 radical (unpaired) electrons. The normalized spacial score (nSPS) is 29.6. The van der Waals surface area contributed by atoms with Crippen LogP contribution in [0, 0.1) is 17.7 Å². The van der Waals surface area contributed by atoms with Crippen LogP contribution in [0.1, 0.15) is 42.9 Å². The fourth-order valence-electron chi connectivity index (χ4n) is 7.00. The van der Waals surface area contributed by atoms with Crippen LogP contribution in [-0.4, -0.2) is 50.9 Å². The summed E-state index contributed by atoms with van der Waals surface area (Å²) in [6, 6.07) is 13.7. The second kappa shape index (κ2) is 7.77. The van der Waals surface area contributed by atoms with Gasteiger partial charge in [-0.05, 0) is 59.9 Å². The minimum absolute atomic E-state index is 0.00282. The van der Waals surface area contributed by atoms with Crippen LogP contribution in [0.25, 0.3) is 0 Å². The third-order valence-corrected chi connectivity index (χ3v) is 10.9. The highest BCUT2D eigenvalue weighted by atomic mass is 32.2.